The zero-order valence-electron chi connectivity index (χ0n) is 6.84. The van der Waals surface area contributed by atoms with E-state index in [2.05, 4.69) is 0 Å². The van der Waals surface area contributed by atoms with Gasteiger partial charge in [0.2, 0.25) is 0 Å². The first-order valence-electron chi connectivity index (χ1n) is 3.61. The van der Waals surface area contributed by atoms with Crippen LogP contribution < -0.4 is 0 Å². The lowest BCUT2D eigenvalue weighted by Crippen LogP contribution is -2.50. The van der Waals surface area contributed by atoms with Gasteiger partial charge in [0.25, 0.3) is 0 Å². The lowest BCUT2D eigenvalue weighted by Gasteiger charge is -2.24. The fourth-order valence-corrected chi connectivity index (χ4v) is 3.05. The van der Waals surface area contributed by atoms with Gasteiger partial charge in [0.1, 0.15) is 0 Å². The van der Waals surface area contributed by atoms with E-state index in [1.807, 2.05) is 0 Å². The predicted octanol–water partition coefficient (Wildman–Crippen LogP) is 0.233. The Hall–Kier alpha value is -0.790. The topological polar surface area (TPSA) is 71.4 Å². The summed E-state index contributed by atoms with van der Waals surface area (Å²) in [7, 11) is -3.89. The Kier molecular flexibility index (Phi) is 2.30. The number of aliphatic carboxylic acids is 1. The summed E-state index contributed by atoms with van der Waals surface area (Å²) in [5.41, 5.74) is -3.47. The van der Waals surface area contributed by atoms with Crippen LogP contribution >= 0.6 is 0 Å². The first-order valence-corrected chi connectivity index (χ1v) is 5.43. The number of carbonyl (C=O) groups is 1. The fourth-order valence-electron chi connectivity index (χ4n) is 1.25. The normalized spacial score (nSPS) is 31.6. The largest absolute Gasteiger partial charge is 0.477 e. The fraction of sp³-hybridized carbons (Fsp3) is 0.833. The molecule has 8 heteroatoms. The van der Waals surface area contributed by atoms with Crippen LogP contribution in [0.3, 0.4) is 0 Å². The summed E-state index contributed by atoms with van der Waals surface area (Å²) in [6.07, 6.45) is -0.978. The molecule has 0 amide bonds. The number of alkyl halides is 3. The molecule has 14 heavy (non-hydrogen) atoms. The first-order chi connectivity index (χ1) is 6.11. The van der Waals surface area contributed by atoms with Crippen LogP contribution in [0.5, 0.6) is 0 Å². The molecule has 1 atom stereocenters. The van der Waals surface area contributed by atoms with Crippen molar-refractivity contribution in [2.45, 2.75) is 18.0 Å². The van der Waals surface area contributed by atoms with Crippen molar-refractivity contribution in [1.82, 2.24) is 0 Å². The van der Waals surface area contributed by atoms with Gasteiger partial charge >= 0.3 is 11.9 Å². The van der Waals surface area contributed by atoms with E-state index in [1.54, 1.807) is 0 Å². The molecule has 0 saturated carbocycles. The Morgan fingerprint density at radius 2 is 1.93 bits per heavy atom. The third-order valence-corrected chi connectivity index (χ3v) is 3.81. The van der Waals surface area contributed by atoms with Gasteiger partial charge in [0.15, 0.2) is 15.5 Å². The Balaban J connectivity index is 3.05. The number of carboxylic acid groups (broad SMARTS) is 1. The van der Waals surface area contributed by atoms with Gasteiger partial charge in [-0.25, -0.2) is 17.6 Å². The summed E-state index contributed by atoms with van der Waals surface area (Å²) in [4.78, 5) is 10.0. The van der Waals surface area contributed by atoms with Crippen molar-refractivity contribution in [2.75, 3.05) is 11.5 Å². The summed E-state index contributed by atoms with van der Waals surface area (Å²) in [6.45, 7) is 0. The van der Waals surface area contributed by atoms with Gasteiger partial charge in [-0.2, -0.15) is 8.78 Å². The van der Waals surface area contributed by atoms with Gasteiger partial charge in [-0.15, -0.1) is 0 Å². The number of rotatable bonds is 2. The minimum atomic E-state index is -4.66. The van der Waals surface area contributed by atoms with Crippen molar-refractivity contribution in [3.8, 4) is 0 Å². The molecule has 0 spiro atoms. The van der Waals surface area contributed by atoms with E-state index >= 15 is 0 Å². The second kappa shape index (κ2) is 2.85. The van der Waals surface area contributed by atoms with Crippen molar-refractivity contribution in [2.24, 2.45) is 0 Å². The second-order valence-corrected chi connectivity index (χ2v) is 5.37. The standard InChI is InChI=1S/C6H7F3O4S/c7-5(6(8,9)4(10)11)1-2-14(12,13)3-5/h1-3H2,(H,10,11). The number of halogens is 3. The maximum Gasteiger partial charge on any atom is 0.378 e. The van der Waals surface area contributed by atoms with Gasteiger partial charge in [0, 0.05) is 6.42 Å². The third-order valence-electron chi connectivity index (χ3n) is 2.09. The SMILES string of the molecule is O=C(O)C(F)(F)C1(F)CCS(=O)(=O)C1. The Morgan fingerprint density at radius 3 is 2.21 bits per heavy atom. The number of carboxylic acids is 1. The van der Waals surface area contributed by atoms with E-state index in [0.29, 0.717) is 0 Å². The molecule has 0 aromatic rings. The predicted molar refractivity (Wildman–Crippen MR) is 39.7 cm³/mol. The molecule has 0 bridgehead atoms. The van der Waals surface area contributed by atoms with Crippen LogP contribution in [-0.2, 0) is 14.6 Å². The van der Waals surface area contributed by atoms with E-state index in [0.717, 1.165) is 0 Å². The van der Waals surface area contributed by atoms with Crippen molar-refractivity contribution in [1.29, 1.82) is 0 Å². The minimum Gasteiger partial charge on any atom is -0.477 e. The van der Waals surface area contributed by atoms with Crippen LogP contribution in [0.4, 0.5) is 13.2 Å². The summed E-state index contributed by atoms with van der Waals surface area (Å²) in [5, 5.41) is 8.05. The van der Waals surface area contributed by atoms with E-state index in [1.165, 1.54) is 0 Å². The molecule has 1 unspecified atom stereocenters. The molecule has 1 saturated heterocycles. The molecule has 1 N–H and O–H groups in total. The molecular formula is C6H7F3O4S. The Bertz CT molecular complexity index is 363. The summed E-state index contributed by atoms with van der Waals surface area (Å²) in [5.74, 6) is -9.47. The molecule has 82 valence electrons. The summed E-state index contributed by atoms with van der Waals surface area (Å²) in [6, 6.07) is 0. The van der Waals surface area contributed by atoms with E-state index < -0.39 is 45.3 Å². The average molecular weight is 232 g/mol. The zero-order valence-corrected chi connectivity index (χ0v) is 7.65. The molecule has 1 aliphatic heterocycles. The first kappa shape index (κ1) is 11.3. The smallest absolute Gasteiger partial charge is 0.378 e. The van der Waals surface area contributed by atoms with Crippen molar-refractivity contribution in [3.05, 3.63) is 0 Å². The van der Waals surface area contributed by atoms with E-state index in [9.17, 15) is 26.4 Å². The van der Waals surface area contributed by atoms with Crippen LogP contribution in [0, 0.1) is 0 Å². The highest BCUT2D eigenvalue weighted by atomic mass is 32.2. The quantitative estimate of drug-likeness (QED) is 0.740. The molecule has 1 fully saturated rings. The number of hydrogen-bond acceptors (Lipinski definition) is 3. The van der Waals surface area contributed by atoms with Gasteiger partial charge in [-0.05, 0) is 0 Å². The van der Waals surface area contributed by atoms with Crippen LogP contribution in [0.15, 0.2) is 0 Å². The maximum absolute atomic E-state index is 13.3. The molecular weight excluding hydrogens is 225 g/mol. The highest BCUT2D eigenvalue weighted by Gasteiger charge is 2.65. The highest BCUT2D eigenvalue weighted by molar-refractivity contribution is 7.91. The number of hydrogen-bond donors (Lipinski definition) is 1. The molecule has 1 heterocycles. The van der Waals surface area contributed by atoms with Gasteiger partial charge < -0.3 is 5.11 Å². The Labute approximate surface area is 77.6 Å². The molecule has 4 nitrogen and oxygen atoms in total. The van der Waals surface area contributed by atoms with Gasteiger partial charge in [-0.3, -0.25) is 0 Å². The molecule has 1 aliphatic rings. The monoisotopic (exact) mass is 232 g/mol. The third kappa shape index (κ3) is 1.58. The average Bonchev–Trinajstić information content (AvgIpc) is 2.26. The van der Waals surface area contributed by atoms with E-state index in [4.69, 9.17) is 5.11 Å². The lowest BCUT2D eigenvalue weighted by atomic mass is 9.97. The van der Waals surface area contributed by atoms with Crippen LogP contribution in [0.25, 0.3) is 0 Å². The highest BCUT2D eigenvalue weighted by Crippen LogP contribution is 2.41. The maximum atomic E-state index is 13.3. The van der Waals surface area contributed by atoms with Crippen LogP contribution in [0.2, 0.25) is 0 Å². The number of sulfone groups is 1. The lowest BCUT2D eigenvalue weighted by molar-refractivity contribution is -0.187. The summed E-state index contributed by atoms with van der Waals surface area (Å²) < 4.78 is 60.3. The van der Waals surface area contributed by atoms with Crippen LogP contribution in [0.1, 0.15) is 6.42 Å². The zero-order chi connectivity index (χ0) is 11.2. The Morgan fingerprint density at radius 1 is 1.43 bits per heavy atom. The van der Waals surface area contributed by atoms with Gasteiger partial charge in [0.05, 0.1) is 11.5 Å². The van der Waals surface area contributed by atoms with Crippen molar-refractivity contribution >= 4 is 15.8 Å². The molecule has 0 aliphatic carbocycles. The van der Waals surface area contributed by atoms with Crippen molar-refractivity contribution < 1.29 is 31.5 Å². The summed E-state index contributed by atoms with van der Waals surface area (Å²) >= 11 is 0. The van der Waals surface area contributed by atoms with Crippen molar-refractivity contribution in [3.63, 3.8) is 0 Å². The van der Waals surface area contributed by atoms with E-state index in [-0.39, 0.29) is 0 Å². The van der Waals surface area contributed by atoms with Gasteiger partial charge in [-0.1, -0.05) is 0 Å². The molecule has 0 aromatic heterocycles. The van der Waals surface area contributed by atoms with Crippen LogP contribution in [-0.4, -0.2) is 42.6 Å². The minimum absolute atomic E-state index is 0.744. The molecule has 0 aromatic carbocycles. The molecule has 1 rings (SSSR count). The second-order valence-electron chi connectivity index (χ2n) is 3.19. The molecule has 0 radical (unpaired) electrons.